The van der Waals surface area contributed by atoms with E-state index >= 15 is 0 Å². The molecule has 7 heteroatoms. The molecule has 1 heterocycles. The van der Waals surface area contributed by atoms with Crippen molar-refractivity contribution in [1.29, 1.82) is 0 Å². The number of carbonyl (C=O) groups excluding carboxylic acids is 2. The van der Waals surface area contributed by atoms with Crippen molar-refractivity contribution in [3.05, 3.63) is 0 Å². The van der Waals surface area contributed by atoms with Crippen LogP contribution in [0.2, 0.25) is 0 Å². The van der Waals surface area contributed by atoms with E-state index in [0.29, 0.717) is 13.0 Å². The summed E-state index contributed by atoms with van der Waals surface area (Å²) < 4.78 is 10.4. The van der Waals surface area contributed by atoms with Gasteiger partial charge in [-0.25, -0.2) is 4.79 Å². The van der Waals surface area contributed by atoms with E-state index < -0.39 is 23.7 Å². The van der Waals surface area contributed by atoms with Crippen LogP contribution in [-0.4, -0.2) is 42.1 Å². The van der Waals surface area contributed by atoms with Gasteiger partial charge >= 0.3 is 12.1 Å². The number of alkyl carbamates (subject to hydrolysis) is 1. The highest BCUT2D eigenvalue weighted by Gasteiger charge is 2.53. The van der Waals surface area contributed by atoms with Gasteiger partial charge in [-0.3, -0.25) is 4.79 Å². The second-order valence-electron chi connectivity index (χ2n) is 6.67. The summed E-state index contributed by atoms with van der Waals surface area (Å²) >= 11 is 0. The molecule has 1 aliphatic heterocycles. The van der Waals surface area contributed by atoms with Crippen LogP contribution < -0.4 is 5.32 Å². The first-order chi connectivity index (χ1) is 10.2. The lowest BCUT2D eigenvalue weighted by atomic mass is 9.94. The maximum Gasteiger partial charge on any atom is 0.407 e. The molecular weight excluding hydrogens is 288 g/mol. The van der Waals surface area contributed by atoms with Gasteiger partial charge in [0.1, 0.15) is 11.7 Å². The lowest BCUT2D eigenvalue weighted by molar-refractivity contribution is -0.148. The van der Waals surface area contributed by atoms with E-state index in [1.54, 1.807) is 27.7 Å². The van der Waals surface area contributed by atoms with Crippen LogP contribution in [0.4, 0.5) is 4.79 Å². The van der Waals surface area contributed by atoms with Gasteiger partial charge in [0.25, 0.3) is 0 Å². The fourth-order valence-corrected chi connectivity index (χ4v) is 3.00. The molecule has 1 unspecified atom stereocenters. The summed E-state index contributed by atoms with van der Waals surface area (Å²) in [5.74, 6) is -0.899. The first-order valence-corrected chi connectivity index (χ1v) is 7.59. The lowest BCUT2D eigenvalue weighted by Crippen LogP contribution is -2.48. The molecule has 1 aliphatic carbocycles. The monoisotopic (exact) mass is 312 g/mol. The first kappa shape index (κ1) is 16.6. The van der Waals surface area contributed by atoms with Crippen LogP contribution in [0, 0.1) is 11.8 Å². The predicted molar refractivity (Wildman–Crippen MR) is 79.4 cm³/mol. The molecule has 7 nitrogen and oxygen atoms in total. The van der Waals surface area contributed by atoms with Gasteiger partial charge in [-0.2, -0.15) is 0 Å². The normalized spacial score (nSPS) is 30.1. The summed E-state index contributed by atoms with van der Waals surface area (Å²) in [6, 6.07) is -0.426. The standard InChI is InChI=1S/C15H24N2O5/c1-6-20-13(18)9-7-10-11(8(2)17-22-10)12(9)16-14(19)21-15(3,4)5/h9-12H,6-7H2,1-5H3,(H,16,19)/t9-,10+,11?,12+/m0/s1. The molecule has 0 radical (unpaired) electrons. The van der Waals surface area contributed by atoms with Crippen LogP contribution in [0.25, 0.3) is 0 Å². The van der Waals surface area contributed by atoms with E-state index in [0.717, 1.165) is 5.71 Å². The average molecular weight is 312 g/mol. The van der Waals surface area contributed by atoms with Gasteiger partial charge < -0.3 is 19.6 Å². The van der Waals surface area contributed by atoms with Crippen LogP contribution in [0.15, 0.2) is 5.16 Å². The van der Waals surface area contributed by atoms with Crippen molar-refractivity contribution in [2.45, 2.75) is 58.8 Å². The Bertz CT molecular complexity index is 483. The van der Waals surface area contributed by atoms with Gasteiger partial charge in [0, 0.05) is 6.42 Å². The Morgan fingerprint density at radius 2 is 2.09 bits per heavy atom. The second-order valence-corrected chi connectivity index (χ2v) is 6.67. The summed E-state index contributed by atoms with van der Waals surface area (Å²) in [5, 5.41) is 6.77. The Labute approximate surface area is 130 Å². The predicted octanol–water partition coefficient (Wildman–Crippen LogP) is 1.85. The quantitative estimate of drug-likeness (QED) is 0.804. The van der Waals surface area contributed by atoms with Gasteiger partial charge in [0.15, 0.2) is 0 Å². The molecular formula is C15H24N2O5. The molecule has 2 aliphatic rings. The number of hydrogen-bond donors (Lipinski definition) is 1. The van der Waals surface area contributed by atoms with Crippen molar-refractivity contribution in [2.24, 2.45) is 17.0 Å². The van der Waals surface area contributed by atoms with Crippen molar-refractivity contribution in [3.63, 3.8) is 0 Å². The molecule has 1 fully saturated rings. The smallest absolute Gasteiger partial charge is 0.407 e. The molecule has 2 rings (SSSR count). The number of fused-ring (bicyclic) bond motifs is 1. The van der Waals surface area contributed by atoms with Gasteiger partial charge in [0.05, 0.1) is 30.2 Å². The van der Waals surface area contributed by atoms with E-state index in [9.17, 15) is 9.59 Å². The summed E-state index contributed by atoms with van der Waals surface area (Å²) in [5.41, 5.74) is 0.175. The number of esters is 1. The van der Waals surface area contributed by atoms with Crippen LogP contribution in [0.3, 0.4) is 0 Å². The molecule has 0 saturated heterocycles. The molecule has 0 aromatic carbocycles. The average Bonchev–Trinajstić information content (AvgIpc) is 2.89. The third-order valence-electron chi connectivity index (χ3n) is 3.79. The number of hydrogen-bond acceptors (Lipinski definition) is 6. The molecule has 124 valence electrons. The number of carbonyl (C=O) groups is 2. The van der Waals surface area contributed by atoms with Crippen molar-refractivity contribution < 1.29 is 23.9 Å². The third-order valence-corrected chi connectivity index (χ3v) is 3.79. The fraction of sp³-hybridized carbons (Fsp3) is 0.800. The molecule has 0 bridgehead atoms. The molecule has 4 atom stereocenters. The fourth-order valence-electron chi connectivity index (χ4n) is 3.00. The van der Waals surface area contributed by atoms with Crippen LogP contribution in [0.5, 0.6) is 0 Å². The van der Waals surface area contributed by atoms with E-state index in [2.05, 4.69) is 10.5 Å². The van der Waals surface area contributed by atoms with Crippen molar-refractivity contribution in [3.8, 4) is 0 Å². The zero-order chi connectivity index (χ0) is 16.5. The lowest BCUT2D eigenvalue weighted by Gasteiger charge is -2.26. The Hall–Kier alpha value is -1.79. The molecule has 22 heavy (non-hydrogen) atoms. The Morgan fingerprint density at radius 1 is 1.41 bits per heavy atom. The SMILES string of the molecule is CCOC(=O)[C@H]1C[C@H]2ON=C(C)C2[C@@H]1NC(=O)OC(C)(C)C. The molecule has 1 saturated carbocycles. The van der Waals surface area contributed by atoms with Gasteiger partial charge in [-0.15, -0.1) is 0 Å². The van der Waals surface area contributed by atoms with Crippen molar-refractivity contribution in [2.75, 3.05) is 6.61 Å². The first-order valence-electron chi connectivity index (χ1n) is 7.59. The molecule has 0 aromatic heterocycles. The molecule has 0 aromatic rings. The molecule has 1 N–H and O–H groups in total. The number of oxime groups is 1. The maximum absolute atomic E-state index is 12.2. The summed E-state index contributed by atoms with van der Waals surface area (Å²) in [6.45, 7) is 9.27. The Balaban J connectivity index is 2.13. The number of ether oxygens (including phenoxy) is 2. The zero-order valence-corrected chi connectivity index (χ0v) is 13.7. The third kappa shape index (κ3) is 3.51. The minimum atomic E-state index is -0.600. The number of nitrogens with zero attached hydrogens (tertiary/aromatic N) is 1. The largest absolute Gasteiger partial charge is 0.466 e. The van der Waals surface area contributed by atoms with Crippen LogP contribution in [0.1, 0.15) is 41.0 Å². The highest BCUT2D eigenvalue weighted by atomic mass is 16.6. The summed E-state index contributed by atoms with van der Waals surface area (Å²) in [4.78, 5) is 29.6. The second kappa shape index (κ2) is 6.14. The van der Waals surface area contributed by atoms with Gasteiger partial charge in [0.2, 0.25) is 0 Å². The number of amides is 1. The van der Waals surface area contributed by atoms with E-state index in [4.69, 9.17) is 14.3 Å². The number of rotatable bonds is 3. The van der Waals surface area contributed by atoms with E-state index in [1.807, 2.05) is 6.92 Å². The molecule has 0 spiro atoms. The van der Waals surface area contributed by atoms with Crippen LogP contribution in [-0.2, 0) is 19.1 Å². The van der Waals surface area contributed by atoms with Gasteiger partial charge in [-0.1, -0.05) is 5.16 Å². The minimum absolute atomic E-state index is 0.123. The highest BCUT2D eigenvalue weighted by Crippen LogP contribution is 2.39. The minimum Gasteiger partial charge on any atom is -0.466 e. The maximum atomic E-state index is 12.2. The Morgan fingerprint density at radius 3 is 2.68 bits per heavy atom. The van der Waals surface area contributed by atoms with E-state index in [1.165, 1.54) is 0 Å². The zero-order valence-electron chi connectivity index (χ0n) is 13.7. The summed E-state index contributed by atoms with van der Waals surface area (Å²) in [7, 11) is 0. The van der Waals surface area contributed by atoms with E-state index in [-0.39, 0.29) is 18.0 Å². The van der Waals surface area contributed by atoms with Crippen LogP contribution >= 0.6 is 0 Å². The Kier molecular flexibility index (Phi) is 4.63. The van der Waals surface area contributed by atoms with Crippen molar-refractivity contribution >= 4 is 17.8 Å². The molecule has 1 amide bonds. The van der Waals surface area contributed by atoms with Crippen molar-refractivity contribution in [1.82, 2.24) is 5.32 Å². The number of nitrogens with one attached hydrogen (secondary N) is 1. The highest BCUT2D eigenvalue weighted by molar-refractivity contribution is 5.89. The topological polar surface area (TPSA) is 86.2 Å². The van der Waals surface area contributed by atoms with Gasteiger partial charge in [-0.05, 0) is 34.6 Å². The summed E-state index contributed by atoms with van der Waals surface area (Å²) in [6.07, 6.45) is -0.272.